The first kappa shape index (κ1) is 19.0. The van der Waals surface area contributed by atoms with Crippen LogP contribution in [0.4, 0.5) is 0 Å². The molecule has 0 heterocycles. The molecule has 0 fully saturated rings. The zero-order valence-corrected chi connectivity index (χ0v) is 16.9. The topological polar surface area (TPSA) is 0 Å². The molecule has 1 aromatic carbocycles. The van der Waals surface area contributed by atoms with Crippen molar-refractivity contribution >= 4 is 6.08 Å². The SMILES string of the molecule is Cc1ccc(C)c2c1C=[C]([Zr+2]([CH3])[CH]1C=CC=C1)C2C.[Cl-].[Cl-]. The van der Waals surface area contributed by atoms with Gasteiger partial charge in [-0.2, -0.15) is 0 Å². The Hall–Kier alpha value is -0.0969. The van der Waals surface area contributed by atoms with Crippen molar-refractivity contribution in [3.8, 4) is 0 Å². The molecule has 1 aromatic rings. The number of halogens is 2. The van der Waals surface area contributed by atoms with Crippen LogP contribution in [0.5, 0.6) is 0 Å². The minimum Gasteiger partial charge on any atom is -1.00 e. The van der Waals surface area contributed by atoms with Gasteiger partial charge in [0.2, 0.25) is 0 Å². The van der Waals surface area contributed by atoms with Crippen molar-refractivity contribution < 1.29 is 46.6 Å². The zero-order chi connectivity index (χ0) is 13.6. The van der Waals surface area contributed by atoms with Crippen molar-refractivity contribution in [1.82, 2.24) is 0 Å². The molecule has 0 saturated carbocycles. The number of hydrogen-bond donors (Lipinski definition) is 0. The Morgan fingerprint density at radius 2 is 1.52 bits per heavy atom. The van der Waals surface area contributed by atoms with Crippen molar-refractivity contribution in [2.75, 3.05) is 0 Å². The fraction of sp³-hybridized carbons (Fsp3) is 0.333. The predicted octanol–water partition coefficient (Wildman–Crippen LogP) is -0.650. The third-order valence-corrected chi connectivity index (χ3v) is 11.7. The summed E-state index contributed by atoms with van der Waals surface area (Å²) in [5, 5.41) is 0. The number of hydrogen-bond acceptors (Lipinski definition) is 0. The number of rotatable bonds is 2. The van der Waals surface area contributed by atoms with Crippen LogP contribution in [-0.4, -0.2) is 0 Å². The Morgan fingerprint density at radius 1 is 0.952 bits per heavy atom. The molecule has 3 rings (SSSR count). The van der Waals surface area contributed by atoms with Gasteiger partial charge in [-0.05, 0) is 0 Å². The average Bonchev–Trinajstić information content (AvgIpc) is 3.01. The summed E-state index contributed by atoms with van der Waals surface area (Å²) < 4.78 is 5.12. The van der Waals surface area contributed by atoms with E-state index >= 15 is 0 Å². The monoisotopic (exact) mass is 397 g/mol. The Morgan fingerprint density at radius 3 is 2.10 bits per heavy atom. The van der Waals surface area contributed by atoms with Crippen LogP contribution in [0.15, 0.2) is 39.7 Å². The van der Waals surface area contributed by atoms with Gasteiger partial charge in [-0.3, -0.25) is 0 Å². The van der Waals surface area contributed by atoms with Gasteiger partial charge in [0.25, 0.3) is 0 Å². The van der Waals surface area contributed by atoms with Gasteiger partial charge in [-0.1, -0.05) is 0 Å². The first-order valence-corrected chi connectivity index (χ1v) is 12.2. The van der Waals surface area contributed by atoms with E-state index in [-0.39, 0.29) is 24.8 Å². The van der Waals surface area contributed by atoms with E-state index in [0.29, 0.717) is 5.92 Å². The standard InChI is InChI=1S/C12H13.C5H5.CH3.2ClH.Zr/c1-8-4-5-9(2)12-10(3)6-7-11(8)12;1-2-4-5-3-1;;;;/h4-5,7,10H,1-3H3;1-5H;1H3;2*1H;/q;;;;;+2/p-2. The Bertz CT molecular complexity index is 602. The predicted molar refractivity (Wildman–Crippen MR) is 80.2 cm³/mol. The van der Waals surface area contributed by atoms with Crippen LogP contribution >= 0.6 is 0 Å². The molecule has 0 aliphatic heterocycles. The molecule has 21 heavy (non-hydrogen) atoms. The van der Waals surface area contributed by atoms with E-state index in [2.05, 4.69) is 67.9 Å². The fourth-order valence-electron chi connectivity index (χ4n) is 3.43. The number of allylic oxidation sites excluding steroid dienone is 5. The smallest absolute Gasteiger partial charge is 1.00 e. The van der Waals surface area contributed by atoms with Crippen LogP contribution < -0.4 is 24.8 Å². The molecule has 0 nitrogen and oxygen atoms in total. The van der Waals surface area contributed by atoms with Gasteiger partial charge in [0.1, 0.15) is 0 Å². The van der Waals surface area contributed by atoms with Crippen molar-refractivity contribution in [3.05, 3.63) is 62.0 Å². The first-order chi connectivity index (χ1) is 9.09. The Balaban J connectivity index is 0.00000110. The molecule has 0 N–H and O–H groups in total. The fourth-order valence-corrected chi connectivity index (χ4v) is 9.28. The normalized spacial score (nSPS) is 18.9. The molecule has 0 bridgehead atoms. The number of aryl methyl sites for hydroxylation is 2. The zero-order valence-electron chi connectivity index (χ0n) is 13.0. The summed E-state index contributed by atoms with van der Waals surface area (Å²) in [7, 11) is 0. The molecule has 2 aliphatic rings. The molecule has 0 spiro atoms. The second-order valence-corrected chi connectivity index (χ2v) is 12.2. The Kier molecular flexibility index (Phi) is 6.72. The second kappa shape index (κ2) is 7.45. The van der Waals surface area contributed by atoms with Gasteiger partial charge in [0.05, 0.1) is 0 Å². The molecule has 0 amide bonds. The van der Waals surface area contributed by atoms with Crippen molar-refractivity contribution in [1.29, 1.82) is 0 Å². The van der Waals surface area contributed by atoms with Gasteiger partial charge in [0.15, 0.2) is 0 Å². The van der Waals surface area contributed by atoms with E-state index < -0.39 is 21.8 Å². The first-order valence-electron chi connectivity index (χ1n) is 7.10. The maximum atomic E-state index is 2.56. The van der Waals surface area contributed by atoms with Crippen LogP contribution in [0.3, 0.4) is 0 Å². The van der Waals surface area contributed by atoms with E-state index in [1.165, 1.54) is 16.7 Å². The van der Waals surface area contributed by atoms with Gasteiger partial charge < -0.3 is 24.8 Å². The third kappa shape index (κ3) is 3.31. The van der Waals surface area contributed by atoms with Gasteiger partial charge in [0, 0.05) is 0 Å². The summed E-state index contributed by atoms with van der Waals surface area (Å²) in [6.45, 7) is 6.93. The van der Waals surface area contributed by atoms with Crippen LogP contribution in [0.25, 0.3) is 6.08 Å². The van der Waals surface area contributed by atoms with E-state index in [9.17, 15) is 0 Å². The molecule has 2 aliphatic carbocycles. The molecule has 111 valence electrons. The molecular weight excluding hydrogens is 378 g/mol. The van der Waals surface area contributed by atoms with E-state index in [4.69, 9.17) is 0 Å². The molecule has 3 heteroatoms. The average molecular weight is 399 g/mol. The number of benzene rings is 1. The van der Waals surface area contributed by atoms with Crippen molar-refractivity contribution in [2.24, 2.45) is 0 Å². The van der Waals surface area contributed by atoms with Crippen LogP contribution in [0.1, 0.15) is 35.1 Å². The molecule has 1 atom stereocenters. The largest absolute Gasteiger partial charge is 1.00 e. The maximum absolute atomic E-state index is 2.56. The van der Waals surface area contributed by atoms with Crippen molar-refractivity contribution in [2.45, 2.75) is 34.9 Å². The van der Waals surface area contributed by atoms with Gasteiger partial charge in [-0.15, -0.1) is 0 Å². The van der Waals surface area contributed by atoms with Crippen LogP contribution in [-0.2, 0) is 21.8 Å². The van der Waals surface area contributed by atoms with Crippen molar-refractivity contribution in [3.63, 3.8) is 0 Å². The van der Waals surface area contributed by atoms with Crippen LogP contribution in [0.2, 0.25) is 8.26 Å². The number of fused-ring (bicyclic) bond motifs is 1. The van der Waals surface area contributed by atoms with Gasteiger partial charge in [-0.25, -0.2) is 0 Å². The Labute approximate surface area is 148 Å². The maximum Gasteiger partial charge on any atom is -1.00 e. The molecule has 1 unspecified atom stereocenters. The molecule has 0 radical (unpaired) electrons. The molecule has 0 aromatic heterocycles. The van der Waals surface area contributed by atoms with E-state index in [0.717, 1.165) is 3.63 Å². The molecular formula is C18H21Cl2Zr. The summed E-state index contributed by atoms with van der Waals surface area (Å²) in [5.74, 6) is 0.650. The summed E-state index contributed by atoms with van der Waals surface area (Å²) in [6, 6.07) is 4.56. The summed E-state index contributed by atoms with van der Waals surface area (Å²) >= 11 is -1.53. The van der Waals surface area contributed by atoms with E-state index in [1.54, 1.807) is 8.84 Å². The summed E-state index contributed by atoms with van der Waals surface area (Å²) in [5.41, 5.74) is 6.03. The third-order valence-electron chi connectivity index (χ3n) is 4.63. The summed E-state index contributed by atoms with van der Waals surface area (Å²) in [6.07, 6.45) is 11.8. The van der Waals surface area contributed by atoms with E-state index in [1.807, 2.05) is 0 Å². The van der Waals surface area contributed by atoms with Crippen LogP contribution in [0, 0.1) is 13.8 Å². The quantitative estimate of drug-likeness (QED) is 0.620. The second-order valence-electron chi connectivity index (χ2n) is 5.83. The minimum absolute atomic E-state index is 0. The summed E-state index contributed by atoms with van der Waals surface area (Å²) in [4.78, 5) is 0. The molecule has 0 saturated heterocycles. The van der Waals surface area contributed by atoms with Gasteiger partial charge >= 0.3 is 125 Å². The minimum atomic E-state index is -1.53.